The Hall–Kier alpha value is -2.12. The smallest absolute Gasteiger partial charge is 0.124 e. The van der Waals surface area contributed by atoms with Crippen LogP contribution in [0.15, 0.2) is 59.6 Å². The highest BCUT2D eigenvalue weighted by atomic mass is 35.5. The second-order valence-corrected chi connectivity index (χ2v) is 9.29. The number of nitrogens with zero attached hydrogens (tertiary/aromatic N) is 3. The summed E-state index contributed by atoms with van der Waals surface area (Å²) in [6.07, 6.45) is 0. The lowest BCUT2D eigenvalue weighted by Crippen LogP contribution is -1.90. The number of hydrogen-bond donors (Lipinski definition) is 0. The zero-order valence-electron chi connectivity index (χ0n) is 16.2. The molecule has 0 fully saturated rings. The molecule has 0 radical (unpaired) electrons. The van der Waals surface area contributed by atoms with Gasteiger partial charge in [-0.3, -0.25) is 0 Å². The predicted octanol–water partition coefficient (Wildman–Crippen LogP) is 7.18. The molecule has 0 bridgehead atoms. The molecule has 0 aliphatic rings. The zero-order valence-corrected chi connectivity index (χ0v) is 19.4. The van der Waals surface area contributed by atoms with Gasteiger partial charge >= 0.3 is 0 Å². The second-order valence-electron chi connectivity index (χ2n) is 6.45. The summed E-state index contributed by atoms with van der Waals surface area (Å²) >= 11 is 15.4. The summed E-state index contributed by atoms with van der Waals surface area (Å²) in [4.78, 5) is 5.72. The molecule has 2 aromatic carbocycles. The highest BCUT2D eigenvalue weighted by Gasteiger charge is 2.14. The normalized spacial score (nSPS) is 10.9. The maximum Gasteiger partial charge on any atom is 0.124 e. The van der Waals surface area contributed by atoms with Gasteiger partial charge in [-0.25, -0.2) is 4.98 Å². The number of halogens is 2. The standard InChI is InChI=1S/C22H17Cl2N3OS2/c1-13-21(30-22(25-13)14-4-3-5-17(10-14)28-2)19-8-9-20(27-26-19)29-12-15-6-7-16(23)11-18(15)24/h3-11H,12H2,1-2H3. The van der Waals surface area contributed by atoms with E-state index in [1.807, 2.05) is 55.5 Å². The van der Waals surface area contributed by atoms with Crippen LogP contribution >= 0.6 is 46.3 Å². The first-order chi connectivity index (χ1) is 14.5. The van der Waals surface area contributed by atoms with Crippen molar-refractivity contribution in [3.8, 4) is 26.9 Å². The first-order valence-corrected chi connectivity index (χ1v) is 11.6. The first kappa shape index (κ1) is 21.1. The van der Waals surface area contributed by atoms with Crippen molar-refractivity contribution in [1.82, 2.24) is 15.2 Å². The number of ether oxygens (including phenoxy) is 1. The molecule has 4 nitrogen and oxygen atoms in total. The van der Waals surface area contributed by atoms with Gasteiger partial charge in [0.2, 0.25) is 0 Å². The van der Waals surface area contributed by atoms with Gasteiger partial charge in [-0.15, -0.1) is 21.5 Å². The molecular formula is C22H17Cl2N3OS2. The van der Waals surface area contributed by atoms with E-state index in [4.69, 9.17) is 32.9 Å². The number of aromatic nitrogens is 3. The average Bonchev–Trinajstić information content (AvgIpc) is 3.15. The topological polar surface area (TPSA) is 47.9 Å². The van der Waals surface area contributed by atoms with Gasteiger partial charge in [0.1, 0.15) is 21.5 Å². The van der Waals surface area contributed by atoms with Crippen LogP contribution < -0.4 is 4.74 Å². The summed E-state index contributed by atoms with van der Waals surface area (Å²) in [6, 6.07) is 17.4. The maximum atomic E-state index is 6.24. The third-order valence-corrected chi connectivity index (χ3v) is 7.16. The summed E-state index contributed by atoms with van der Waals surface area (Å²) in [5.74, 6) is 1.51. The maximum absolute atomic E-state index is 6.24. The first-order valence-electron chi connectivity index (χ1n) is 9.06. The average molecular weight is 474 g/mol. The van der Waals surface area contributed by atoms with Gasteiger partial charge in [0.15, 0.2) is 0 Å². The fraction of sp³-hybridized carbons (Fsp3) is 0.136. The molecule has 0 atom stereocenters. The molecule has 152 valence electrons. The van der Waals surface area contributed by atoms with E-state index in [-0.39, 0.29) is 0 Å². The van der Waals surface area contributed by atoms with Crippen LogP contribution in [0.4, 0.5) is 0 Å². The highest BCUT2D eigenvalue weighted by Crippen LogP contribution is 2.35. The molecule has 2 aromatic heterocycles. The molecule has 30 heavy (non-hydrogen) atoms. The minimum absolute atomic E-state index is 0.631. The number of methoxy groups -OCH3 is 1. The van der Waals surface area contributed by atoms with Gasteiger partial charge in [-0.1, -0.05) is 53.2 Å². The second kappa shape index (κ2) is 9.35. The van der Waals surface area contributed by atoms with Crippen LogP contribution in [0, 0.1) is 6.92 Å². The van der Waals surface area contributed by atoms with E-state index in [0.29, 0.717) is 15.8 Å². The van der Waals surface area contributed by atoms with Crippen LogP contribution in [0.3, 0.4) is 0 Å². The van der Waals surface area contributed by atoms with Crippen LogP contribution in [0.1, 0.15) is 11.3 Å². The number of hydrogen-bond acceptors (Lipinski definition) is 6. The van der Waals surface area contributed by atoms with Crippen LogP contribution in [-0.4, -0.2) is 22.3 Å². The number of thioether (sulfide) groups is 1. The fourth-order valence-electron chi connectivity index (χ4n) is 2.82. The molecule has 0 amide bonds. The van der Waals surface area contributed by atoms with Gasteiger partial charge in [-0.05, 0) is 48.9 Å². The van der Waals surface area contributed by atoms with E-state index in [0.717, 1.165) is 43.2 Å². The van der Waals surface area contributed by atoms with Crippen LogP contribution in [-0.2, 0) is 5.75 Å². The molecule has 0 saturated carbocycles. The van der Waals surface area contributed by atoms with E-state index in [9.17, 15) is 0 Å². The summed E-state index contributed by atoms with van der Waals surface area (Å²) in [5.41, 5.74) is 3.78. The van der Waals surface area contributed by atoms with Crippen molar-refractivity contribution < 1.29 is 4.74 Å². The Morgan fingerprint density at radius 3 is 2.63 bits per heavy atom. The van der Waals surface area contributed by atoms with Crippen LogP contribution in [0.5, 0.6) is 5.75 Å². The minimum Gasteiger partial charge on any atom is -0.497 e. The Morgan fingerprint density at radius 2 is 1.90 bits per heavy atom. The Balaban J connectivity index is 1.50. The zero-order chi connectivity index (χ0) is 21.1. The molecule has 0 saturated heterocycles. The lowest BCUT2D eigenvalue weighted by Gasteiger charge is -2.04. The number of aryl methyl sites for hydroxylation is 1. The van der Waals surface area contributed by atoms with E-state index in [1.54, 1.807) is 36.3 Å². The minimum atomic E-state index is 0.631. The van der Waals surface area contributed by atoms with E-state index in [1.165, 1.54) is 0 Å². The Kier molecular flexibility index (Phi) is 6.58. The number of benzene rings is 2. The summed E-state index contributed by atoms with van der Waals surface area (Å²) in [6.45, 7) is 1.99. The van der Waals surface area contributed by atoms with Crippen molar-refractivity contribution in [1.29, 1.82) is 0 Å². The van der Waals surface area contributed by atoms with Crippen molar-refractivity contribution in [2.24, 2.45) is 0 Å². The van der Waals surface area contributed by atoms with Crippen molar-refractivity contribution >= 4 is 46.3 Å². The monoisotopic (exact) mass is 473 g/mol. The molecule has 8 heteroatoms. The molecule has 4 rings (SSSR count). The Bertz CT molecular complexity index is 1180. The lowest BCUT2D eigenvalue weighted by molar-refractivity contribution is 0.415. The third-order valence-electron chi connectivity index (χ3n) is 4.38. The molecule has 0 spiro atoms. The van der Waals surface area contributed by atoms with Gasteiger partial charge in [0.05, 0.1) is 17.7 Å². The van der Waals surface area contributed by atoms with E-state index < -0.39 is 0 Å². The Morgan fingerprint density at radius 1 is 1.03 bits per heavy atom. The lowest BCUT2D eigenvalue weighted by atomic mass is 10.2. The quantitative estimate of drug-likeness (QED) is 0.277. The van der Waals surface area contributed by atoms with Crippen molar-refractivity contribution in [2.75, 3.05) is 7.11 Å². The van der Waals surface area contributed by atoms with Gasteiger partial charge in [0, 0.05) is 21.4 Å². The van der Waals surface area contributed by atoms with Crippen LogP contribution in [0.2, 0.25) is 10.0 Å². The van der Waals surface area contributed by atoms with Crippen molar-refractivity contribution in [3.05, 3.63) is 75.9 Å². The van der Waals surface area contributed by atoms with Gasteiger partial charge < -0.3 is 4.74 Å². The molecule has 0 aliphatic heterocycles. The van der Waals surface area contributed by atoms with Crippen molar-refractivity contribution in [2.45, 2.75) is 17.7 Å². The molecule has 2 heterocycles. The van der Waals surface area contributed by atoms with Crippen molar-refractivity contribution in [3.63, 3.8) is 0 Å². The highest BCUT2D eigenvalue weighted by molar-refractivity contribution is 7.98. The third kappa shape index (κ3) is 4.78. The molecular weight excluding hydrogens is 457 g/mol. The molecule has 0 unspecified atom stereocenters. The predicted molar refractivity (Wildman–Crippen MR) is 126 cm³/mol. The summed E-state index contributed by atoms with van der Waals surface area (Å²) in [5, 5.41) is 11.8. The fourth-order valence-corrected chi connectivity index (χ4v) is 5.22. The molecule has 0 N–H and O–H groups in total. The molecule has 0 aliphatic carbocycles. The SMILES string of the molecule is COc1cccc(-c2nc(C)c(-c3ccc(SCc4ccc(Cl)cc4Cl)nn3)s2)c1. The summed E-state index contributed by atoms with van der Waals surface area (Å²) < 4.78 is 5.32. The summed E-state index contributed by atoms with van der Waals surface area (Å²) in [7, 11) is 1.66. The Labute approximate surface area is 193 Å². The van der Waals surface area contributed by atoms with Gasteiger partial charge in [0.25, 0.3) is 0 Å². The largest absolute Gasteiger partial charge is 0.497 e. The number of thiazole rings is 1. The van der Waals surface area contributed by atoms with E-state index >= 15 is 0 Å². The van der Waals surface area contributed by atoms with Gasteiger partial charge in [-0.2, -0.15) is 0 Å². The van der Waals surface area contributed by atoms with Crippen LogP contribution in [0.25, 0.3) is 21.1 Å². The molecule has 4 aromatic rings. The van der Waals surface area contributed by atoms with E-state index in [2.05, 4.69) is 10.2 Å². The number of rotatable bonds is 6.